The molecule has 0 saturated carbocycles. The van der Waals surface area contributed by atoms with Gasteiger partial charge in [-0.2, -0.15) is 13.2 Å². The Morgan fingerprint density at radius 2 is 1.89 bits per heavy atom. The maximum Gasteiger partial charge on any atom is 0.389 e. The Labute approximate surface area is 112 Å². The van der Waals surface area contributed by atoms with Crippen LogP contribution in [0.1, 0.15) is 39.5 Å². The van der Waals surface area contributed by atoms with Crippen LogP contribution < -0.4 is 5.73 Å². The van der Waals surface area contributed by atoms with E-state index in [-0.39, 0.29) is 24.4 Å². The number of alkyl halides is 3. The molecule has 6 heteroatoms. The zero-order valence-electron chi connectivity index (χ0n) is 11.5. The molecule has 0 spiro atoms. The topological polar surface area (TPSA) is 46.3 Å². The average Bonchev–Trinajstić information content (AvgIpc) is 2.27. The minimum atomic E-state index is -4.19. The van der Waals surface area contributed by atoms with Gasteiger partial charge in [0, 0.05) is 31.5 Å². The summed E-state index contributed by atoms with van der Waals surface area (Å²) in [6.07, 6.45) is -3.28. The molecule has 0 bridgehead atoms. The molecule has 1 aliphatic rings. The number of carbonyl (C=O) groups is 1. The van der Waals surface area contributed by atoms with Crippen LogP contribution >= 0.6 is 0 Å². The van der Waals surface area contributed by atoms with Crippen molar-refractivity contribution in [3.63, 3.8) is 0 Å². The SMILES string of the molecule is CCC(CC)C(=O)N1CC(N)CC(CC(F)(F)F)C1. The number of piperidine rings is 1. The number of nitrogens with zero attached hydrogens (tertiary/aromatic N) is 1. The lowest BCUT2D eigenvalue weighted by molar-refractivity contribution is -0.154. The summed E-state index contributed by atoms with van der Waals surface area (Å²) in [6.45, 7) is 4.40. The second kappa shape index (κ2) is 6.59. The van der Waals surface area contributed by atoms with E-state index in [4.69, 9.17) is 5.73 Å². The van der Waals surface area contributed by atoms with Crippen LogP contribution in [0.3, 0.4) is 0 Å². The minimum absolute atomic E-state index is 0.0488. The lowest BCUT2D eigenvalue weighted by Crippen LogP contribution is -2.51. The molecule has 2 atom stereocenters. The van der Waals surface area contributed by atoms with Gasteiger partial charge in [0.25, 0.3) is 0 Å². The van der Waals surface area contributed by atoms with Crippen LogP contribution in [0.5, 0.6) is 0 Å². The van der Waals surface area contributed by atoms with E-state index in [0.29, 0.717) is 25.8 Å². The number of hydrogen-bond donors (Lipinski definition) is 1. The largest absolute Gasteiger partial charge is 0.389 e. The summed E-state index contributed by atoms with van der Waals surface area (Å²) >= 11 is 0. The van der Waals surface area contributed by atoms with E-state index in [2.05, 4.69) is 0 Å². The Balaban J connectivity index is 2.67. The predicted octanol–water partition coefficient (Wildman–Crippen LogP) is 2.55. The van der Waals surface area contributed by atoms with E-state index >= 15 is 0 Å². The predicted molar refractivity (Wildman–Crippen MR) is 67.4 cm³/mol. The summed E-state index contributed by atoms with van der Waals surface area (Å²) in [5.41, 5.74) is 5.79. The van der Waals surface area contributed by atoms with Gasteiger partial charge in [-0.25, -0.2) is 0 Å². The molecule has 0 aliphatic carbocycles. The van der Waals surface area contributed by atoms with Crippen molar-refractivity contribution in [1.82, 2.24) is 4.90 Å². The van der Waals surface area contributed by atoms with Gasteiger partial charge < -0.3 is 10.6 Å². The third-order valence-electron chi connectivity index (χ3n) is 3.74. The van der Waals surface area contributed by atoms with E-state index in [9.17, 15) is 18.0 Å². The third kappa shape index (κ3) is 5.01. The Bertz CT molecular complexity index is 303. The minimum Gasteiger partial charge on any atom is -0.341 e. The van der Waals surface area contributed by atoms with Crippen molar-refractivity contribution in [2.45, 2.75) is 51.7 Å². The van der Waals surface area contributed by atoms with Crippen LogP contribution in [0.4, 0.5) is 13.2 Å². The highest BCUT2D eigenvalue weighted by molar-refractivity contribution is 5.78. The molecule has 0 aromatic heterocycles. The lowest BCUT2D eigenvalue weighted by Gasteiger charge is -2.38. The summed E-state index contributed by atoms with van der Waals surface area (Å²) in [5, 5.41) is 0. The van der Waals surface area contributed by atoms with Crippen molar-refractivity contribution in [2.24, 2.45) is 17.6 Å². The Morgan fingerprint density at radius 3 is 2.37 bits per heavy atom. The van der Waals surface area contributed by atoms with Crippen molar-refractivity contribution >= 4 is 5.91 Å². The Morgan fingerprint density at radius 1 is 1.32 bits per heavy atom. The summed E-state index contributed by atoms with van der Waals surface area (Å²) < 4.78 is 37.3. The zero-order chi connectivity index (χ0) is 14.6. The first-order chi connectivity index (χ1) is 8.76. The average molecular weight is 280 g/mol. The molecule has 112 valence electrons. The van der Waals surface area contributed by atoms with Crippen LogP contribution in [0, 0.1) is 11.8 Å². The van der Waals surface area contributed by atoms with Gasteiger partial charge in [-0.15, -0.1) is 0 Å². The lowest BCUT2D eigenvalue weighted by atomic mass is 9.90. The molecule has 2 unspecified atom stereocenters. The van der Waals surface area contributed by atoms with Gasteiger partial charge in [0.1, 0.15) is 0 Å². The zero-order valence-corrected chi connectivity index (χ0v) is 11.5. The molecule has 3 nitrogen and oxygen atoms in total. The highest BCUT2D eigenvalue weighted by Gasteiger charge is 2.37. The number of rotatable bonds is 4. The summed E-state index contributed by atoms with van der Waals surface area (Å²) in [6, 6.07) is -0.348. The number of halogens is 3. The van der Waals surface area contributed by atoms with Crippen LogP contribution in [0.15, 0.2) is 0 Å². The quantitative estimate of drug-likeness (QED) is 0.860. The summed E-state index contributed by atoms with van der Waals surface area (Å²) in [5.74, 6) is -0.716. The van der Waals surface area contributed by atoms with Crippen LogP contribution in [0.25, 0.3) is 0 Å². The molecule has 0 radical (unpaired) electrons. The number of amides is 1. The van der Waals surface area contributed by atoms with E-state index in [0.717, 1.165) is 0 Å². The van der Waals surface area contributed by atoms with Crippen molar-refractivity contribution in [3.05, 3.63) is 0 Å². The van der Waals surface area contributed by atoms with Gasteiger partial charge in [0.15, 0.2) is 0 Å². The van der Waals surface area contributed by atoms with Gasteiger partial charge in [0.05, 0.1) is 0 Å². The number of hydrogen-bond acceptors (Lipinski definition) is 2. The standard InChI is InChI=1S/C13H23F3N2O/c1-3-10(4-2)12(19)18-7-9(5-11(17)8-18)6-13(14,15)16/h9-11H,3-8,17H2,1-2H3. The normalized spacial score (nSPS) is 24.9. The van der Waals surface area contributed by atoms with Crippen molar-refractivity contribution in [2.75, 3.05) is 13.1 Å². The monoisotopic (exact) mass is 280 g/mol. The van der Waals surface area contributed by atoms with Gasteiger partial charge in [-0.3, -0.25) is 4.79 Å². The molecule has 1 amide bonds. The molecule has 1 rings (SSSR count). The van der Waals surface area contributed by atoms with Gasteiger partial charge in [-0.05, 0) is 25.2 Å². The number of carbonyl (C=O) groups excluding carboxylic acids is 1. The second-order valence-electron chi connectivity index (χ2n) is 5.44. The third-order valence-corrected chi connectivity index (χ3v) is 3.74. The van der Waals surface area contributed by atoms with Crippen LogP contribution in [-0.2, 0) is 4.79 Å². The molecule has 1 aliphatic heterocycles. The first-order valence-electron chi connectivity index (χ1n) is 6.87. The molecule has 19 heavy (non-hydrogen) atoms. The first kappa shape index (κ1) is 16.3. The molecule has 0 aromatic rings. The van der Waals surface area contributed by atoms with E-state index in [1.807, 2.05) is 13.8 Å². The molecular formula is C13H23F3N2O. The first-order valence-corrected chi connectivity index (χ1v) is 6.87. The maximum atomic E-state index is 12.4. The second-order valence-corrected chi connectivity index (χ2v) is 5.44. The fraction of sp³-hybridized carbons (Fsp3) is 0.923. The molecular weight excluding hydrogens is 257 g/mol. The molecule has 1 fully saturated rings. The highest BCUT2D eigenvalue weighted by Crippen LogP contribution is 2.30. The van der Waals surface area contributed by atoms with Crippen molar-refractivity contribution < 1.29 is 18.0 Å². The van der Waals surface area contributed by atoms with Gasteiger partial charge in [-0.1, -0.05) is 13.8 Å². The molecule has 1 heterocycles. The van der Waals surface area contributed by atoms with Crippen LogP contribution in [-0.4, -0.2) is 36.1 Å². The summed E-state index contributed by atoms with van der Waals surface area (Å²) in [7, 11) is 0. The number of nitrogens with two attached hydrogens (primary N) is 1. The Hall–Kier alpha value is -0.780. The van der Waals surface area contributed by atoms with Crippen molar-refractivity contribution in [1.29, 1.82) is 0 Å². The molecule has 2 N–H and O–H groups in total. The van der Waals surface area contributed by atoms with E-state index in [1.54, 1.807) is 0 Å². The highest BCUT2D eigenvalue weighted by atomic mass is 19.4. The van der Waals surface area contributed by atoms with Crippen molar-refractivity contribution in [3.8, 4) is 0 Å². The van der Waals surface area contributed by atoms with Crippen LogP contribution in [0.2, 0.25) is 0 Å². The molecule has 0 aromatic carbocycles. The van der Waals surface area contributed by atoms with Gasteiger partial charge in [0.2, 0.25) is 5.91 Å². The van der Waals surface area contributed by atoms with E-state index in [1.165, 1.54) is 4.90 Å². The fourth-order valence-electron chi connectivity index (χ4n) is 2.80. The maximum absolute atomic E-state index is 12.4. The molecule has 1 saturated heterocycles. The van der Waals surface area contributed by atoms with E-state index < -0.39 is 18.5 Å². The summed E-state index contributed by atoms with van der Waals surface area (Å²) in [4.78, 5) is 13.7. The smallest absolute Gasteiger partial charge is 0.341 e. The Kier molecular flexibility index (Phi) is 5.64. The number of likely N-dealkylation sites (tertiary alicyclic amines) is 1. The van der Waals surface area contributed by atoms with Gasteiger partial charge >= 0.3 is 6.18 Å². The fourth-order valence-corrected chi connectivity index (χ4v) is 2.80.